The second-order valence-electron chi connectivity index (χ2n) is 6.37. The summed E-state index contributed by atoms with van der Waals surface area (Å²) in [6.07, 6.45) is 1.07. The van der Waals surface area contributed by atoms with Gasteiger partial charge in [-0.15, -0.1) is 0 Å². The summed E-state index contributed by atoms with van der Waals surface area (Å²) in [5.41, 5.74) is -0.594. The SMILES string of the molecule is C=CCOC(=O)NC(CCCC(=O)OC(C)(C)C)C(=O)OCC(C)=O. The lowest BCUT2D eigenvalue weighted by atomic mass is 10.1. The third-order valence-corrected chi connectivity index (χ3v) is 2.62. The molecule has 1 atom stereocenters. The number of hydrogen-bond acceptors (Lipinski definition) is 7. The molecule has 0 fully saturated rings. The van der Waals surface area contributed by atoms with E-state index in [2.05, 4.69) is 11.9 Å². The summed E-state index contributed by atoms with van der Waals surface area (Å²) in [4.78, 5) is 46.2. The Bertz CT molecular complexity index is 494. The fraction of sp³-hybridized carbons (Fsp3) is 0.647. The van der Waals surface area contributed by atoms with Crippen molar-refractivity contribution < 1.29 is 33.4 Å². The summed E-state index contributed by atoms with van der Waals surface area (Å²) in [6.45, 7) is 9.55. The van der Waals surface area contributed by atoms with Gasteiger partial charge >= 0.3 is 18.0 Å². The zero-order valence-corrected chi connectivity index (χ0v) is 15.3. The molecule has 0 aromatic carbocycles. The normalized spacial score (nSPS) is 11.8. The summed E-state index contributed by atoms with van der Waals surface area (Å²) < 4.78 is 14.7. The number of alkyl carbamates (subject to hydrolysis) is 1. The molecule has 0 spiro atoms. The van der Waals surface area contributed by atoms with E-state index in [1.807, 2.05) is 0 Å². The maximum Gasteiger partial charge on any atom is 0.408 e. The molecule has 0 aliphatic rings. The Balaban J connectivity index is 4.58. The van der Waals surface area contributed by atoms with E-state index in [1.165, 1.54) is 13.0 Å². The maximum absolute atomic E-state index is 12.0. The number of nitrogens with one attached hydrogen (secondary N) is 1. The average molecular weight is 357 g/mol. The number of rotatable bonds is 10. The molecule has 8 heteroatoms. The monoisotopic (exact) mass is 357 g/mol. The van der Waals surface area contributed by atoms with Crippen LogP contribution >= 0.6 is 0 Å². The molecule has 0 radical (unpaired) electrons. The van der Waals surface area contributed by atoms with Crippen LogP contribution in [0.5, 0.6) is 0 Å². The van der Waals surface area contributed by atoms with Crippen LogP contribution in [0.1, 0.15) is 47.0 Å². The molecule has 0 rings (SSSR count). The number of Topliss-reactive ketones (excluding diaryl/α,β-unsaturated/α-hetero) is 1. The van der Waals surface area contributed by atoms with Crippen molar-refractivity contribution in [3.8, 4) is 0 Å². The molecule has 0 aliphatic carbocycles. The van der Waals surface area contributed by atoms with Crippen LogP contribution in [0.3, 0.4) is 0 Å². The van der Waals surface area contributed by atoms with E-state index >= 15 is 0 Å². The van der Waals surface area contributed by atoms with E-state index in [-0.39, 0.29) is 38.3 Å². The lowest BCUT2D eigenvalue weighted by Gasteiger charge is -2.20. The molecule has 0 aliphatic heterocycles. The summed E-state index contributed by atoms with van der Waals surface area (Å²) in [7, 11) is 0. The smallest absolute Gasteiger partial charge is 0.408 e. The zero-order valence-electron chi connectivity index (χ0n) is 15.3. The number of ketones is 1. The van der Waals surface area contributed by atoms with Crippen LogP contribution in [-0.2, 0) is 28.6 Å². The Kier molecular flexibility index (Phi) is 10.2. The molecular weight excluding hydrogens is 330 g/mol. The molecule has 0 aromatic rings. The molecule has 0 saturated heterocycles. The highest BCUT2D eigenvalue weighted by Gasteiger charge is 2.24. The molecule has 1 N–H and O–H groups in total. The van der Waals surface area contributed by atoms with E-state index in [9.17, 15) is 19.2 Å². The molecule has 0 saturated carbocycles. The van der Waals surface area contributed by atoms with Gasteiger partial charge in [0.05, 0.1) is 0 Å². The van der Waals surface area contributed by atoms with Crippen molar-refractivity contribution in [2.45, 2.75) is 58.6 Å². The molecule has 0 bridgehead atoms. The van der Waals surface area contributed by atoms with Crippen molar-refractivity contribution >= 4 is 23.8 Å². The van der Waals surface area contributed by atoms with Gasteiger partial charge in [0.1, 0.15) is 24.9 Å². The van der Waals surface area contributed by atoms with Crippen LogP contribution in [-0.4, -0.2) is 48.7 Å². The van der Waals surface area contributed by atoms with Crippen molar-refractivity contribution in [1.82, 2.24) is 5.32 Å². The van der Waals surface area contributed by atoms with E-state index < -0.39 is 29.7 Å². The largest absolute Gasteiger partial charge is 0.460 e. The number of amides is 1. The van der Waals surface area contributed by atoms with Crippen LogP contribution in [0.15, 0.2) is 12.7 Å². The Hall–Kier alpha value is -2.38. The van der Waals surface area contributed by atoms with Gasteiger partial charge in [-0.1, -0.05) is 12.7 Å². The van der Waals surface area contributed by atoms with Crippen LogP contribution in [0.2, 0.25) is 0 Å². The fourth-order valence-electron chi connectivity index (χ4n) is 1.68. The molecular formula is C17H27NO7. The van der Waals surface area contributed by atoms with Gasteiger partial charge in [0.15, 0.2) is 5.78 Å². The minimum absolute atomic E-state index is 0.0149. The number of hydrogen-bond donors (Lipinski definition) is 1. The van der Waals surface area contributed by atoms with Gasteiger partial charge in [-0.25, -0.2) is 9.59 Å². The van der Waals surface area contributed by atoms with E-state index in [0.29, 0.717) is 0 Å². The second-order valence-corrected chi connectivity index (χ2v) is 6.37. The molecule has 0 aromatic heterocycles. The predicted octanol–water partition coefficient (Wildman–Crippen LogP) is 1.91. The minimum Gasteiger partial charge on any atom is -0.460 e. The van der Waals surface area contributed by atoms with Crippen molar-refractivity contribution in [2.75, 3.05) is 13.2 Å². The highest BCUT2D eigenvalue weighted by atomic mass is 16.6. The quantitative estimate of drug-likeness (QED) is 0.361. The van der Waals surface area contributed by atoms with Crippen LogP contribution in [0, 0.1) is 0 Å². The second kappa shape index (κ2) is 11.2. The van der Waals surface area contributed by atoms with Gasteiger partial charge in [0.2, 0.25) is 0 Å². The molecule has 0 heterocycles. The summed E-state index contributed by atoms with van der Waals surface area (Å²) >= 11 is 0. The lowest BCUT2D eigenvalue weighted by Crippen LogP contribution is -2.42. The van der Waals surface area contributed by atoms with Crippen LogP contribution < -0.4 is 5.32 Å². The van der Waals surface area contributed by atoms with Gasteiger partial charge in [0, 0.05) is 6.42 Å². The minimum atomic E-state index is -1.03. The average Bonchev–Trinajstić information content (AvgIpc) is 2.47. The van der Waals surface area contributed by atoms with Crippen molar-refractivity contribution in [3.05, 3.63) is 12.7 Å². The van der Waals surface area contributed by atoms with Gasteiger partial charge in [-0.3, -0.25) is 9.59 Å². The summed E-state index contributed by atoms with van der Waals surface area (Å²) in [5, 5.41) is 2.35. The topological polar surface area (TPSA) is 108 Å². The van der Waals surface area contributed by atoms with Crippen molar-refractivity contribution in [1.29, 1.82) is 0 Å². The molecule has 8 nitrogen and oxygen atoms in total. The first kappa shape index (κ1) is 22.6. The van der Waals surface area contributed by atoms with E-state index in [1.54, 1.807) is 20.8 Å². The van der Waals surface area contributed by atoms with E-state index in [0.717, 1.165) is 0 Å². The zero-order chi connectivity index (χ0) is 19.5. The van der Waals surface area contributed by atoms with Gasteiger partial charge in [-0.05, 0) is 40.5 Å². The van der Waals surface area contributed by atoms with Crippen LogP contribution in [0.25, 0.3) is 0 Å². The summed E-state index contributed by atoms with van der Waals surface area (Å²) in [5.74, 6) is -1.50. The Morgan fingerprint density at radius 2 is 1.80 bits per heavy atom. The standard InChI is InChI=1S/C17H27NO7/c1-6-10-23-16(22)18-13(15(21)24-11-12(2)19)8-7-9-14(20)25-17(3,4)5/h6,13H,1,7-11H2,2-5H3,(H,18,22). The van der Waals surface area contributed by atoms with Gasteiger partial charge < -0.3 is 19.5 Å². The molecule has 25 heavy (non-hydrogen) atoms. The van der Waals surface area contributed by atoms with Gasteiger partial charge in [0.25, 0.3) is 0 Å². The predicted molar refractivity (Wildman–Crippen MR) is 89.8 cm³/mol. The third kappa shape index (κ3) is 12.7. The Labute approximate surface area is 147 Å². The number of esters is 2. The van der Waals surface area contributed by atoms with Crippen molar-refractivity contribution in [3.63, 3.8) is 0 Å². The number of carbonyl (C=O) groups is 4. The lowest BCUT2D eigenvalue weighted by molar-refractivity contribution is -0.155. The van der Waals surface area contributed by atoms with E-state index in [4.69, 9.17) is 14.2 Å². The molecule has 1 amide bonds. The highest BCUT2D eigenvalue weighted by molar-refractivity contribution is 5.84. The number of ether oxygens (including phenoxy) is 3. The maximum atomic E-state index is 12.0. The van der Waals surface area contributed by atoms with Crippen LogP contribution in [0.4, 0.5) is 4.79 Å². The van der Waals surface area contributed by atoms with Gasteiger partial charge in [-0.2, -0.15) is 0 Å². The Morgan fingerprint density at radius 3 is 2.32 bits per heavy atom. The number of carbonyl (C=O) groups excluding carboxylic acids is 4. The first-order chi connectivity index (χ1) is 11.5. The third-order valence-electron chi connectivity index (χ3n) is 2.62. The first-order valence-electron chi connectivity index (χ1n) is 7.97. The highest BCUT2D eigenvalue weighted by Crippen LogP contribution is 2.11. The molecule has 1 unspecified atom stereocenters. The first-order valence-corrected chi connectivity index (χ1v) is 7.97. The summed E-state index contributed by atoms with van der Waals surface area (Å²) in [6, 6.07) is -1.03. The Morgan fingerprint density at radius 1 is 1.16 bits per heavy atom. The molecule has 142 valence electrons. The van der Waals surface area contributed by atoms with Crippen molar-refractivity contribution in [2.24, 2.45) is 0 Å². The fourth-order valence-corrected chi connectivity index (χ4v) is 1.68.